The van der Waals surface area contributed by atoms with Crippen LogP contribution in [0.4, 0.5) is 0 Å². The molecule has 2 heterocycles. The molecule has 0 unspecified atom stereocenters. The van der Waals surface area contributed by atoms with Crippen molar-refractivity contribution in [1.82, 2.24) is 0 Å². The van der Waals surface area contributed by atoms with E-state index in [0.717, 1.165) is 8.66 Å². The second-order valence-electron chi connectivity index (χ2n) is 3.91. The molecular formula is C14H7BrO3S. The third-order valence-electron chi connectivity index (χ3n) is 2.68. The van der Waals surface area contributed by atoms with Crippen molar-refractivity contribution in [2.75, 3.05) is 0 Å². The van der Waals surface area contributed by atoms with Crippen molar-refractivity contribution in [1.29, 1.82) is 0 Å². The Balaban J connectivity index is 2.07. The molecule has 0 N–H and O–H groups in total. The first kappa shape index (κ1) is 12.3. The molecule has 3 nitrogen and oxygen atoms in total. The molecule has 0 bridgehead atoms. The van der Waals surface area contributed by atoms with Gasteiger partial charge in [-0.2, -0.15) is 0 Å². The average molecular weight is 335 g/mol. The Kier molecular flexibility index (Phi) is 3.08. The minimum Gasteiger partial charge on any atom is -0.422 e. The maximum absolute atomic E-state index is 12.3. The third-order valence-corrected chi connectivity index (χ3v) is 4.25. The SMILES string of the molecule is O=C1Oc2ccccc2C(=O)/C1=C/c1ccc(Br)s1. The molecule has 0 aliphatic carbocycles. The maximum Gasteiger partial charge on any atom is 0.347 e. The standard InChI is InChI=1S/C14H7BrO3S/c15-12-6-5-8(19-12)7-10-13(16)9-3-1-2-4-11(9)18-14(10)17/h1-7H/b10-7-. The summed E-state index contributed by atoms with van der Waals surface area (Å²) in [6.45, 7) is 0. The number of hydrogen-bond acceptors (Lipinski definition) is 4. The number of hydrogen-bond donors (Lipinski definition) is 0. The van der Waals surface area contributed by atoms with Crippen LogP contribution in [-0.4, -0.2) is 11.8 Å². The topological polar surface area (TPSA) is 43.4 Å². The number of fused-ring (bicyclic) bond motifs is 1. The molecule has 0 atom stereocenters. The van der Waals surface area contributed by atoms with E-state index in [1.807, 2.05) is 12.1 Å². The lowest BCUT2D eigenvalue weighted by molar-refractivity contribution is -0.130. The van der Waals surface area contributed by atoms with Crippen LogP contribution in [0, 0.1) is 0 Å². The lowest BCUT2D eigenvalue weighted by Gasteiger charge is -2.16. The van der Waals surface area contributed by atoms with Crippen molar-refractivity contribution in [3.63, 3.8) is 0 Å². The molecule has 94 valence electrons. The highest BCUT2D eigenvalue weighted by atomic mass is 79.9. The minimum atomic E-state index is -0.603. The van der Waals surface area contributed by atoms with Gasteiger partial charge in [-0.3, -0.25) is 4.79 Å². The van der Waals surface area contributed by atoms with Crippen LogP contribution in [0.25, 0.3) is 6.08 Å². The van der Waals surface area contributed by atoms with Crippen LogP contribution in [-0.2, 0) is 4.79 Å². The van der Waals surface area contributed by atoms with E-state index in [4.69, 9.17) is 4.74 Å². The van der Waals surface area contributed by atoms with E-state index in [2.05, 4.69) is 15.9 Å². The molecule has 1 aliphatic heterocycles. The summed E-state index contributed by atoms with van der Waals surface area (Å²) in [4.78, 5) is 24.9. The molecule has 3 rings (SSSR count). The molecular weight excluding hydrogens is 328 g/mol. The van der Waals surface area contributed by atoms with E-state index in [1.54, 1.807) is 30.3 Å². The summed E-state index contributed by atoms with van der Waals surface area (Å²) in [5.74, 6) is -0.577. The number of ether oxygens (including phenoxy) is 1. The molecule has 0 saturated carbocycles. The average Bonchev–Trinajstić information content (AvgIpc) is 2.80. The summed E-state index contributed by atoms with van der Waals surface area (Å²) in [5.41, 5.74) is 0.483. The van der Waals surface area contributed by atoms with Gasteiger partial charge in [-0.15, -0.1) is 11.3 Å². The Morgan fingerprint density at radius 2 is 1.89 bits per heavy atom. The number of carbonyl (C=O) groups is 2. The third kappa shape index (κ3) is 2.27. The van der Waals surface area contributed by atoms with Crippen molar-refractivity contribution in [2.45, 2.75) is 0 Å². The van der Waals surface area contributed by atoms with Crippen LogP contribution < -0.4 is 4.74 Å². The van der Waals surface area contributed by atoms with Crippen molar-refractivity contribution in [2.24, 2.45) is 0 Å². The molecule has 19 heavy (non-hydrogen) atoms. The molecule has 0 amide bonds. The number of ketones is 1. The van der Waals surface area contributed by atoms with Gasteiger partial charge < -0.3 is 4.74 Å². The summed E-state index contributed by atoms with van der Waals surface area (Å²) in [6, 6.07) is 10.4. The van der Waals surface area contributed by atoms with Gasteiger partial charge in [0.25, 0.3) is 0 Å². The molecule has 1 aromatic carbocycles. The lowest BCUT2D eigenvalue weighted by atomic mass is 9.99. The van der Waals surface area contributed by atoms with Crippen LogP contribution in [0.5, 0.6) is 5.75 Å². The van der Waals surface area contributed by atoms with E-state index in [1.165, 1.54) is 11.3 Å². The first-order valence-electron chi connectivity index (χ1n) is 5.48. The number of carbonyl (C=O) groups excluding carboxylic acids is 2. The van der Waals surface area contributed by atoms with Gasteiger partial charge in [0.1, 0.15) is 11.3 Å². The first-order chi connectivity index (χ1) is 9.15. The zero-order chi connectivity index (χ0) is 13.4. The quantitative estimate of drug-likeness (QED) is 0.345. The summed E-state index contributed by atoms with van der Waals surface area (Å²) in [7, 11) is 0. The number of benzene rings is 1. The van der Waals surface area contributed by atoms with Gasteiger partial charge in [-0.1, -0.05) is 12.1 Å². The Hall–Kier alpha value is -1.72. The summed E-state index contributed by atoms with van der Waals surface area (Å²) in [6.07, 6.45) is 1.57. The summed E-state index contributed by atoms with van der Waals surface area (Å²) < 4.78 is 6.10. The van der Waals surface area contributed by atoms with Gasteiger partial charge in [0.2, 0.25) is 5.78 Å². The Morgan fingerprint density at radius 3 is 2.63 bits per heavy atom. The monoisotopic (exact) mass is 334 g/mol. The van der Waals surface area contributed by atoms with E-state index < -0.39 is 5.97 Å². The molecule has 0 fully saturated rings. The van der Waals surface area contributed by atoms with Crippen LogP contribution in [0.1, 0.15) is 15.2 Å². The van der Waals surface area contributed by atoms with Crippen LogP contribution >= 0.6 is 27.3 Å². The highest BCUT2D eigenvalue weighted by molar-refractivity contribution is 9.11. The van der Waals surface area contributed by atoms with E-state index >= 15 is 0 Å². The molecule has 0 saturated heterocycles. The first-order valence-corrected chi connectivity index (χ1v) is 7.09. The second-order valence-corrected chi connectivity index (χ2v) is 6.41. The second kappa shape index (κ2) is 4.75. The molecule has 0 spiro atoms. The largest absolute Gasteiger partial charge is 0.422 e. The Morgan fingerprint density at radius 1 is 1.11 bits per heavy atom. The normalized spacial score (nSPS) is 16.4. The van der Waals surface area contributed by atoms with Gasteiger partial charge in [0.05, 0.1) is 9.35 Å². The fraction of sp³-hybridized carbons (Fsp3) is 0. The molecule has 2 aromatic rings. The van der Waals surface area contributed by atoms with Crippen molar-refractivity contribution < 1.29 is 14.3 Å². The van der Waals surface area contributed by atoms with Gasteiger partial charge >= 0.3 is 5.97 Å². The predicted octanol–water partition coefficient (Wildman–Crippen LogP) is 3.70. The zero-order valence-electron chi connectivity index (χ0n) is 9.55. The molecule has 5 heteroatoms. The maximum atomic E-state index is 12.3. The van der Waals surface area contributed by atoms with E-state index in [-0.39, 0.29) is 11.4 Å². The van der Waals surface area contributed by atoms with Gasteiger partial charge in [0.15, 0.2) is 0 Å². The van der Waals surface area contributed by atoms with Crippen LogP contribution in [0.3, 0.4) is 0 Å². The molecule has 1 aromatic heterocycles. The number of rotatable bonds is 1. The highest BCUT2D eigenvalue weighted by Gasteiger charge is 2.30. The van der Waals surface area contributed by atoms with Gasteiger partial charge in [-0.05, 0) is 46.3 Å². The number of Topliss-reactive ketones (excluding diaryl/α,β-unsaturated/α-hetero) is 1. The lowest BCUT2D eigenvalue weighted by Crippen LogP contribution is -2.24. The fourth-order valence-electron chi connectivity index (χ4n) is 1.81. The van der Waals surface area contributed by atoms with Crippen molar-refractivity contribution >= 4 is 45.1 Å². The summed E-state index contributed by atoms with van der Waals surface area (Å²) in [5, 5.41) is 0. The number of thiophene rings is 1. The van der Waals surface area contributed by atoms with Gasteiger partial charge in [0, 0.05) is 4.88 Å². The van der Waals surface area contributed by atoms with Crippen LogP contribution in [0.2, 0.25) is 0 Å². The fourth-order valence-corrected chi connectivity index (χ4v) is 3.18. The Bertz CT molecular complexity index is 715. The number of para-hydroxylation sites is 1. The zero-order valence-corrected chi connectivity index (χ0v) is 12.0. The predicted molar refractivity (Wildman–Crippen MR) is 76.4 cm³/mol. The minimum absolute atomic E-state index is 0.0630. The van der Waals surface area contributed by atoms with Crippen molar-refractivity contribution in [3.05, 3.63) is 56.2 Å². The Labute approximate surface area is 121 Å². The highest BCUT2D eigenvalue weighted by Crippen LogP contribution is 2.30. The summed E-state index contributed by atoms with van der Waals surface area (Å²) >= 11 is 4.79. The number of esters is 1. The number of halogens is 1. The van der Waals surface area contributed by atoms with E-state index in [9.17, 15) is 9.59 Å². The van der Waals surface area contributed by atoms with Crippen LogP contribution in [0.15, 0.2) is 45.8 Å². The van der Waals surface area contributed by atoms with Gasteiger partial charge in [-0.25, -0.2) is 4.79 Å². The smallest absolute Gasteiger partial charge is 0.347 e. The van der Waals surface area contributed by atoms with Crippen molar-refractivity contribution in [3.8, 4) is 5.75 Å². The van der Waals surface area contributed by atoms with E-state index in [0.29, 0.717) is 11.3 Å². The molecule has 1 aliphatic rings. The molecule has 0 radical (unpaired) electrons.